The Morgan fingerprint density at radius 3 is 2.00 bits per heavy atom. The van der Waals surface area contributed by atoms with Gasteiger partial charge in [-0.25, -0.2) is 0 Å². The molecule has 0 atom stereocenters. The third kappa shape index (κ3) is 5.03. The van der Waals surface area contributed by atoms with Gasteiger partial charge in [0.15, 0.2) is 0 Å². The number of nitrogens with one attached hydrogen (secondary N) is 2. The van der Waals surface area contributed by atoms with Gasteiger partial charge in [-0.1, -0.05) is 0 Å². The first-order valence-electron chi connectivity index (χ1n) is 8.74. The molecular formula is C18H18N8O3. The summed E-state index contributed by atoms with van der Waals surface area (Å²) < 4.78 is 0. The highest BCUT2D eigenvalue weighted by atomic mass is 16.4. The van der Waals surface area contributed by atoms with Gasteiger partial charge >= 0.3 is 5.97 Å². The highest BCUT2D eigenvalue weighted by Crippen LogP contribution is 2.25. The maximum Gasteiger partial charge on any atom is 0.303 e. The van der Waals surface area contributed by atoms with Crippen molar-refractivity contribution in [3.8, 4) is 22.8 Å². The van der Waals surface area contributed by atoms with E-state index in [1.165, 1.54) is 12.4 Å². The molecule has 0 fully saturated rings. The maximum absolute atomic E-state index is 12.1. The van der Waals surface area contributed by atoms with Gasteiger partial charge in [0.25, 0.3) is 0 Å². The fourth-order valence-corrected chi connectivity index (χ4v) is 2.54. The first kappa shape index (κ1) is 19.7. The number of amides is 1. The summed E-state index contributed by atoms with van der Waals surface area (Å²) in [5.41, 5.74) is 2.34. The van der Waals surface area contributed by atoms with E-state index in [0.29, 0.717) is 22.6 Å². The molecule has 29 heavy (non-hydrogen) atoms. The second kappa shape index (κ2) is 9.26. The lowest BCUT2D eigenvalue weighted by Crippen LogP contribution is -2.13. The SMILES string of the molecule is CNc1cnccc1-c1nnc(-c2ccncc2NC(=O)CCCC(=O)O)nn1. The van der Waals surface area contributed by atoms with Crippen molar-refractivity contribution in [1.82, 2.24) is 30.4 Å². The number of hydrogen-bond donors (Lipinski definition) is 3. The van der Waals surface area contributed by atoms with Crippen molar-refractivity contribution in [2.75, 3.05) is 17.7 Å². The summed E-state index contributed by atoms with van der Waals surface area (Å²) in [6.07, 6.45) is 6.51. The van der Waals surface area contributed by atoms with E-state index < -0.39 is 5.97 Å². The Morgan fingerprint density at radius 2 is 1.45 bits per heavy atom. The number of hydrogen-bond acceptors (Lipinski definition) is 9. The van der Waals surface area contributed by atoms with Crippen LogP contribution in [0.3, 0.4) is 0 Å². The fraction of sp³-hybridized carbons (Fsp3) is 0.222. The molecule has 0 aromatic carbocycles. The van der Waals surface area contributed by atoms with Crippen molar-refractivity contribution < 1.29 is 14.7 Å². The van der Waals surface area contributed by atoms with Crippen molar-refractivity contribution in [2.45, 2.75) is 19.3 Å². The van der Waals surface area contributed by atoms with E-state index in [4.69, 9.17) is 5.11 Å². The molecule has 3 aromatic heterocycles. The van der Waals surface area contributed by atoms with Gasteiger partial charge in [-0.3, -0.25) is 19.6 Å². The van der Waals surface area contributed by atoms with Crippen LogP contribution in [0.25, 0.3) is 22.8 Å². The van der Waals surface area contributed by atoms with Crippen molar-refractivity contribution in [3.05, 3.63) is 36.9 Å². The summed E-state index contributed by atoms with van der Waals surface area (Å²) in [5.74, 6) is -0.722. The predicted molar refractivity (Wildman–Crippen MR) is 104 cm³/mol. The molecule has 0 spiro atoms. The molecule has 3 N–H and O–H groups in total. The molecule has 0 aliphatic rings. The summed E-state index contributed by atoms with van der Waals surface area (Å²) >= 11 is 0. The Labute approximate surface area is 165 Å². The normalized spacial score (nSPS) is 10.4. The number of aliphatic carboxylic acids is 1. The minimum absolute atomic E-state index is 0.0741. The number of rotatable bonds is 8. The van der Waals surface area contributed by atoms with Crippen molar-refractivity contribution in [3.63, 3.8) is 0 Å². The smallest absolute Gasteiger partial charge is 0.303 e. The highest BCUT2D eigenvalue weighted by Gasteiger charge is 2.14. The fourth-order valence-electron chi connectivity index (χ4n) is 2.54. The van der Waals surface area contributed by atoms with Gasteiger partial charge < -0.3 is 15.7 Å². The average Bonchev–Trinajstić information content (AvgIpc) is 2.74. The summed E-state index contributed by atoms with van der Waals surface area (Å²) in [7, 11) is 1.76. The van der Waals surface area contributed by atoms with Gasteiger partial charge in [0.2, 0.25) is 17.6 Å². The van der Waals surface area contributed by atoms with Crippen LogP contribution in [0, 0.1) is 0 Å². The van der Waals surface area contributed by atoms with E-state index in [1.807, 2.05) is 0 Å². The molecule has 0 saturated carbocycles. The van der Waals surface area contributed by atoms with Gasteiger partial charge in [-0.15, -0.1) is 20.4 Å². The number of carboxylic acids is 1. The molecule has 1 amide bonds. The molecule has 3 heterocycles. The van der Waals surface area contributed by atoms with E-state index in [-0.39, 0.29) is 31.0 Å². The van der Waals surface area contributed by atoms with Crippen LogP contribution in [0.1, 0.15) is 19.3 Å². The average molecular weight is 394 g/mol. The number of pyridine rings is 2. The number of carbonyl (C=O) groups is 2. The second-order valence-electron chi connectivity index (χ2n) is 5.94. The molecule has 11 nitrogen and oxygen atoms in total. The van der Waals surface area contributed by atoms with E-state index in [0.717, 1.165) is 5.69 Å². The Kier molecular flexibility index (Phi) is 6.30. The minimum atomic E-state index is -0.943. The molecule has 3 aromatic rings. The van der Waals surface area contributed by atoms with Gasteiger partial charge in [-0.2, -0.15) is 0 Å². The number of anilines is 2. The van der Waals surface area contributed by atoms with Crippen LogP contribution < -0.4 is 10.6 Å². The zero-order valence-corrected chi connectivity index (χ0v) is 15.5. The third-order valence-corrected chi connectivity index (χ3v) is 3.94. The lowest BCUT2D eigenvalue weighted by Gasteiger charge is -2.09. The topological polar surface area (TPSA) is 156 Å². The summed E-state index contributed by atoms with van der Waals surface area (Å²) in [6.45, 7) is 0. The predicted octanol–water partition coefficient (Wildman–Crippen LogP) is 1.63. The van der Waals surface area contributed by atoms with E-state index in [1.54, 1.807) is 31.6 Å². The number of aromatic nitrogens is 6. The van der Waals surface area contributed by atoms with E-state index >= 15 is 0 Å². The molecule has 3 rings (SSSR count). The Morgan fingerprint density at radius 1 is 0.897 bits per heavy atom. The van der Waals surface area contributed by atoms with Crippen LogP contribution in [0.4, 0.5) is 11.4 Å². The van der Waals surface area contributed by atoms with Crippen molar-refractivity contribution in [1.29, 1.82) is 0 Å². The Bertz CT molecular complexity index is 1010. The summed E-state index contributed by atoms with van der Waals surface area (Å²) in [4.78, 5) is 30.7. The molecule has 0 unspecified atom stereocenters. The van der Waals surface area contributed by atoms with Crippen molar-refractivity contribution in [2.24, 2.45) is 0 Å². The van der Waals surface area contributed by atoms with Gasteiger partial charge in [0, 0.05) is 43.4 Å². The molecule has 0 aliphatic heterocycles. The van der Waals surface area contributed by atoms with Gasteiger partial charge in [0.1, 0.15) is 0 Å². The van der Waals surface area contributed by atoms with E-state index in [9.17, 15) is 9.59 Å². The maximum atomic E-state index is 12.1. The first-order valence-corrected chi connectivity index (χ1v) is 8.74. The standard InChI is InChI=1S/C18H18N8O3/c1-19-13-9-20-7-5-11(13)17-23-25-18(26-24-17)12-6-8-21-10-14(12)22-15(27)3-2-4-16(28)29/h5-10,19H,2-4H2,1H3,(H,22,27)(H,28,29). The molecule has 11 heteroatoms. The Hall–Kier alpha value is -4.02. The molecule has 0 aliphatic carbocycles. The van der Waals surface area contributed by atoms with Crippen LogP contribution in [0.15, 0.2) is 36.9 Å². The van der Waals surface area contributed by atoms with Crippen LogP contribution in [-0.2, 0) is 9.59 Å². The zero-order valence-electron chi connectivity index (χ0n) is 15.5. The number of carbonyl (C=O) groups excluding carboxylic acids is 1. The van der Waals surface area contributed by atoms with Crippen molar-refractivity contribution >= 4 is 23.3 Å². The summed E-state index contributed by atoms with van der Waals surface area (Å²) in [6, 6.07) is 3.39. The van der Waals surface area contributed by atoms with Gasteiger partial charge in [0.05, 0.1) is 23.8 Å². The van der Waals surface area contributed by atoms with Crippen LogP contribution >= 0.6 is 0 Å². The summed E-state index contributed by atoms with van der Waals surface area (Å²) in [5, 5.41) is 30.9. The second-order valence-corrected chi connectivity index (χ2v) is 5.94. The number of carboxylic acid groups (broad SMARTS) is 1. The molecule has 0 radical (unpaired) electrons. The molecule has 148 valence electrons. The van der Waals surface area contributed by atoms with Crippen LogP contribution in [-0.4, -0.2) is 54.4 Å². The quantitative estimate of drug-likeness (QED) is 0.513. The van der Waals surface area contributed by atoms with E-state index in [2.05, 4.69) is 41.0 Å². The largest absolute Gasteiger partial charge is 0.481 e. The monoisotopic (exact) mass is 394 g/mol. The molecule has 0 bridgehead atoms. The van der Waals surface area contributed by atoms with Gasteiger partial charge in [-0.05, 0) is 18.6 Å². The number of nitrogens with zero attached hydrogens (tertiary/aromatic N) is 6. The lowest BCUT2D eigenvalue weighted by molar-refractivity contribution is -0.137. The zero-order chi connectivity index (χ0) is 20.6. The third-order valence-electron chi connectivity index (χ3n) is 3.94. The first-order chi connectivity index (χ1) is 14.1. The lowest BCUT2D eigenvalue weighted by atomic mass is 10.2. The molecule has 0 saturated heterocycles. The highest BCUT2D eigenvalue weighted by molar-refractivity contribution is 5.94. The Balaban J connectivity index is 1.79. The van der Waals surface area contributed by atoms with Crippen LogP contribution in [0.5, 0.6) is 0 Å². The minimum Gasteiger partial charge on any atom is -0.481 e. The molecular weight excluding hydrogens is 376 g/mol. The van der Waals surface area contributed by atoms with Crippen LogP contribution in [0.2, 0.25) is 0 Å².